The highest BCUT2D eigenvalue weighted by molar-refractivity contribution is 7.89. The molecule has 8 nitrogen and oxygen atoms in total. The standard InChI is InChI=1S/C17H17N3O5S/c1-10-7-12-13(19-17(23)18-12)9-15(10)26(24,25)20-14(16(21)22)8-11-5-3-2-4-6-11/h2-7,9,14,20H,8H2,1H3,(H,21,22)(H2,18,19,23). The molecule has 0 aliphatic rings. The number of imidazole rings is 1. The monoisotopic (exact) mass is 375 g/mol. The summed E-state index contributed by atoms with van der Waals surface area (Å²) in [7, 11) is -4.10. The average Bonchev–Trinajstić information content (AvgIpc) is 2.93. The molecule has 0 saturated heterocycles. The second kappa shape index (κ2) is 6.77. The van der Waals surface area contributed by atoms with Gasteiger partial charge in [0, 0.05) is 0 Å². The van der Waals surface area contributed by atoms with Gasteiger partial charge in [-0.25, -0.2) is 13.2 Å². The maximum absolute atomic E-state index is 12.7. The number of carboxylic acid groups (broad SMARTS) is 1. The van der Waals surface area contributed by atoms with Crippen LogP contribution >= 0.6 is 0 Å². The topological polar surface area (TPSA) is 132 Å². The minimum absolute atomic E-state index is 0.0116. The number of hydrogen-bond donors (Lipinski definition) is 4. The van der Waals surface area contributed by atoms with E-state index in [1.807, 2.05) is 0 Å². The summed E-state index contributed by atoms with van der Waals surface area (Å²) in [5.41, 5.74) is 1.45. The van der Waals surface area contributed by atoms with Crippen molar-refractivity contribution < 1.29 is 18.3 Å². The van der Waals surface area contributed by atoms with Crippen molar-refractivity contribution in [3.63, 3.8) is 0 Å². The van der Waals surface area contributed by atoms with Gasteiger partial charge < -0.3 is 15.1 Å². The van der Waals surface area contributed by atoms with E-state index in [2.05, 4.69) is 14.7 Å². The van der Waals surface area contributed by atoms with Crippen LogP contribution < -0.4 is 10.4 Å². The van der Waals surface area contributed by atoms with Crippen LogP contribution in [-0.2, 0) is 21.2 Å². The Morgan fingerprint density at radius 1 is 1.15 bits per heavy atom. The van der Waals surface area contributed by atoms with Crippen LogP contribution in [-0.4, -0.2) is 35.5 Å². The molecule has 0 fully saturated rings. The number of fused-ring (bicyclic) bond motifs is 1. The van der Waals surface area contributed by atoms with Crippen molar-refractivity contribution in [1.82, 2.24) is 14.7 Å². The number of carbonyl (C=O) groups is 1. The molecule has 0 aliphatic heterocycles. The van der Waals surface area contributed by atoms with Crippen molar-refractivity contribution in [3.05, 3.63) is 64.1 Å². The highest BCUT2D eigenvalue weighted by atomic mass is 32.2. The van der Waals surface area contributed by atoms with Gasteiger partial charge in [-0.05, 0) is 36.6 Å². The first-order valence-corrected chi connectivity index (χ1v) is 9.26. The second-order valence-corrected chi connectivity index (χ2v) is 7.63. The number of aliphatic carboxylic acids is 1. The Morgan fingerprint density at radius 2 is 1.77 bits per heavy atom. The number of H-pyrrole nitrogens is 2. The number of rotatable bonds is 6. The smallest absolute Gasteiger partial charge is 0.323 e. The molecule has 0 radical (unpaired) electrons. The maximum atomic E-state index is 12.7. The van der Waals surface area contributed by atoms with Gasteiger partial charge in [-0.2, -0.15) is 4.72 Å². The third-order valence-corrected chi connectivity index (χ3v) is 5.59. The van der Waals surface area contributed by atoms with Gasteiger partial charge in [0.1, 0.15) is 6.04 Å². The largest absolute Gasteiger partial charge is 0.480 e. The van der Waals surface area contributed by atoms with Gasteiger partial charge in [0.15, 0.2) is 0 Å². The zero-order chi connectivity index (χ0) is 18.9. The van der Waals surface area contributed by atoms with E-state index in [0.29, 0.717) is 22.2 Å². The van der Waals surface area contributed by atoms with Gasteiger partial charge in [0.2, 0.25) is 10.0 Å². The van der Waals surface area contributed by atoms with E-state index >= 15 is 0 Å². The highest BCUT2D eigenvalue weighted by Crippen LogP contribution is 2.21. The van der Waals surface area contributed by atoms with E-state index in [4.69, 9.17) is 0 Å². The first kappa shape index (κ1) is 17.9. The molecule has 3 rings (SSSR count). The van der Waals surface area contributed by atoms with Crippen molar-refractivity contribution in [2.24, 2.45) is 0 Å². The minimum atomic E-state index is -4.10. The molecule has 0 bridgehead atoms. The summed E-state index contributed by atoms with van der Waals surface area (Å²) in [5, 5.41) is 9.41. The summed E-state index contributed by atoms with van der Waals surface area (Å²) >= 11 is 0. The van der Waals surface area contributed by atoms with Crippen LogP contribution in [0.15, 0.2) is 52.2 Å². The van der Waals surface area contributed by atoms with Crippen LogP contribution in [0.4, 0.5) is 0 Å². The third-order valence-electron chi connectivity index (χ3n) is 3.98. The summed E-state index contributed by atoms with van der Waals surface area (Å²) in [6, 6.07) is 10.3. The van der Waals surface area contributed by atoms with Crippen LogP contribution in [0, 0.1) is 6.92 Å². The Balaban J connectivity index is 1.94. The van der Waals surface area contributed by atoms with Crippen LogP contribution in [0.1, 0.15) is 11.1 Å². The average molecular weight is 375 g/mol. The van der Waals surface area contributed by atoms with Gasteiger partial charge in [-0.3, -0.25) is 4.79 Å². The molecule has 1 atom stereocenters. The molecule has 2 aromatic carbocycles. The van der Waals surface area contributed by atoms with Crippen molar-refractivity contribution in [1.29, 1.82) is 0 Å². The van der Waals surface area contributed by atoms with E-state index < -0.39 is 27.7 Å². The molecular formula is C17H17N3O5S. The van der Waals surface area contributed by atoms with E-state index in [0.717, 1.165) is 0 Å². The Bertz CT molecular complexity index is 1120. The number of hydrogen-bond acceptors (Lipinski definition) is 4. The van der Waals surface area contributed by atoms with Gasteiger partial charge in [-0.1, -0.05) is 30.3 Å². The Hall–Kier alpha value is -2.91. The van der Waals surface area contributed by atoms with Crippen LogP contribution in [0.2, 0.25) is 0 Å². The second-order valence-electron chi connectivity index (χ2n) is 5.94. The fourth-order valence-corrected chi connectivity index (χ4v) is 4.18. The molecule has 1 unspecified atom stereocenters. The molecule has 0 spiro atoms. The van der Waals surface area contributed by atoms with E-state index in [1.54, 1.807) is 37.3 Å². The number of aromatic nitrogens is 2. The molecule has 1 heterocycles. The summed E-state index contributed by atoms with van der Waals surface area (Å²) in [6.45, 7) is 1.58. The molecular weight excluding hydrogens is 358 g/mol. The molecule has 26 heavy (non-hydrogen) atoms. The lowest BCUT2D eigenvalue weighted by molar-refractivity contribution is -0.138. The molecule has 0 aliphatic carbocycles. The SMILES string of the molecule is Cc1cc2[nH]c(=O)[nH]c2cc1S(=O)(=O)NC(Cc1ccccc1)C(=O)O. The molecule has 1 aromatic heterocycles. The fourth-order valence-electron chi connectivity index (χ4n) is 2.74. The van der Waals surface area contributed by atoms with Crippen LogP contribution in [0.3, 0.4) is 0 Å². The minimum Gasteiger partial charge on any atom is -0.480 e. The first-order chi connectivity index (χ1) is 12.3. The summed E-state index contributed by atoms with van der Waals surface area (Å²) < 4.78 is 27.7. The van der Waals surface area contributed by atoms with Crippen molar-refractivity contribution in [2.45, 2.75) is 24.3 Å². The van der Waals surface area contributed by atoms with Crippen LogP contribution in [0.5, 0.6) is 0 Å². The quantitative estimate of drug-likeness (QED) is 0.513. The molecule has 4 N–H and O–H groups in total. The number of aromatic amines is 2. The number of aryl methyl sites for hydroxylation is 1. The van der Waals surface area contributed by atoms with E-state index in [9.17, 15) is 23.1 Å². The number of benzene rings is 2. The fraction of sp³-hybridized carbons (Fsp3) is 0.176. The maximum Gasteiger partial charge on any atom is 0.323 e. The highest BCUT2D eigenvalue weighted by Gasteiger charge is 2.27. The molecule has 9 heteroatoms. The summed E-state index contributed by atoms with van der Waals surface area (Å²) in [4.78, 5) is 27.9. The van der Waals surface area contributed by atoms with Crippen molar-refractivity contribution in [3.8, 4) is 0 Å². The summed E-state index contributed by atoms with van der Waals surface area (Å²) in [5.74, 6) is -1.27. The van der Waals surface area contributed by atoms with Crippen molar-refractivity contribution >= 4 is 27.0 Å². The zero-order valence-electron chi connectivity index (χ0n) is 13.8. The molecule has 0 amide bonds. The van der Waals surface area contributed by atoms with E-state index in [-0.39, 0.29) is 11.3 Å². The Morgan fingerprint density at radius 3 is 2.38 bits per heavy atom. The molecule has 3 aromatic rings. The van der Waals surface area contributed by atoms with Gasteiger partial charge in [-0.15, -0.1) is 0 Å². The lowest BCUT2D eigenvalue weighted by Gasteiger charge is -2.16. The zero-order valence-corrected chi connectivity index (χ0v) is 14.6. The molecule has 136 valence electrons. The number of nitrogens with one attached hydrogen (secondary N) is 3. The van der Waals surface area contributed by atoms with Crippen molar-refractivity contribution in [2.75, 3.05) is 0 Å². The summed E-state index contributed by atoms with van der Waals surface area (Å²) in [6.07, 6.45) is 0.0116. The Kier molecular flexibility index (Phi) is 4.66. The predicted molar refractivity (Wildman–Crippen MR) is 95.5 cm³/mol. The number of carboxylic acids is 1. The van der Waals surface area contributed by atoms with Gasteiger partial charge >= 0.3 is 11.7 Å². The third kappa shape index (κ3) is 3.68. The normalized spacial score (nSPS) is 13.0. The Labute approximate surface area is 148 Å². The predicted octanol–water partition coefficient (Wildman–Crippen LogP) is 1.14. The molecule has 0 saturated carbocycles. The van der Waals surface area contributed by atoms with Gasteiger partial charge in [0.25, 0.3) is 0 Å². The number of sulfonamides is 1. The van der Waals surface area contributed by atoms with Gasteiger partial charge in [0.05, 0.1) is 15.9 Å². The van der Waals surface area contributed by atoms with E-state index in [1.165, 1.54) is 12.1 Å². The van der Waals surface area contributed by atoms with Crippen LogP contribution in [0.25, 0.3) is 11.0 Å². The lowest BCUT2D eigenvalue weighted by Crippen LogP contribution is -2.42. The lowest BCUT2D eigenvalue weighted by atomic mass is 10.1. The first-order valence-electron chi connectivity index (χ1n) is 7.78.